The van der Waals surface area contributed by atoms with Crippen molar-refractivity contribution in [1.82, 2.24) is 0 Å². The first-order valence-electron chi connectivity index (χ1n) is 9.66. The third kappa shape index (κ3) is 3.73. The van der Waals surface area contributed by atoms with Crippen molar-refractivity contribution in [2.75, 3.05) is 0 Å². The Morgan fingerprint density at radius 1 is 0.769 bits per heavy atom. The molecule has 0 atom stereocenters. The van der Waals surface area contributed by atoms with Gasteiger partial charge in [0.1, 0.15) is 0 Å². The van der Waals surface area contributed by atoms with Crippen LogP contribution in [0.15, 0.2) is 66.7 Å². The molecule has 1 radical (unpaired) electrons. The maximum atomic E-state index is 9.20. The van der Waals surface area contributed by atoms with Crippen LogP contribution < -0.4 is 0 Å². The summed E-state index contributed by atoms with van der Waals surface area (Å²) in [7, 11) is 0. The first kappa shape index (κ1) is 17.1. The van der Waals surface area contributed by atoms with E-state index >= 15 is 0 Å². The van der Waals surface area contributed by atoms with Gasteiger partial charge in [-0.25, -0.2) is 0 Å². The number of aliphatic hydroxyl groups is 1. The number of hydrogen-bond acceptors (Lipinski definition) is 1. The van der Waals surface area contributed by atoms with Crippen LogP contribution in [0.3, 0.4) is 0 Å². The zero-order valence-electron chi connectivity index (χ0n) is 15.1. The van der Waals surface area contributed by atoms with Crippen LogP contribution in [0.1, 0.15) is 49.1 Å². The van der Waals surface area contributed by atoms with Crippen molar-refractivity contribution in [2.24, 2.45) is 0 Å². The van der Waals surface area contributed by atoms with Crippen LogP contribution in [0.2, 0.25) is 0 Å². The quantitative estimate of drug-likeness (QED) is 0.585. The van der Waals surface area contributed by atoms with Gasteiger partial charge in [0.2, 0.25) is 0 Å². The Labute approximate surface area is 156 Å². The predicted octanol–water partition coefficient (Wildman–Crippen LogP) is 6.36. The highest BCUT2D eigenvalue weighted by molar-refractivity contribution is 5.72. The van der Waals surface area contributed by atoms with E-state index in [-0.39, 0.29) is 6.61 Å². The lowest BCUT2D eigenvalue weighted by atomic mass is 9.83. The van der Waals surface area contributed by atoms with E-state index in [0.717, 1.165) is 22.6 Å². The summed E-state index contributed by atoms with van der Waals surface area (Å²) in [5.41, 5.74) is 7.12. The summed E-state index contributed by atoms with van der Waals surface area (Å²) >= 11 is 0. The molecule has 131 valence electrons. The van der Waals surface area contributed by atoms with Crippen LogP contribution in [-0.4, -0.2) is 5.11 Å². The molecule has 1 N–H and O–H groups in total. The van der Waals surface area contributed by atoms with E-state index in [9.17, 15) is 5.11 Å². The highest BCUT2D eigenvalue weighted by Gasteiger charge is 2.15. The van der Waals surface area contributed by atoms with E-state index in [1.807, 2.05) is 18.2 Å². The number of hydrogen-bond donors (Lipinski definition) is 1. The lowest BCUT2D eigenvalue weighted by Gasteiger charge is -2.22. The summed E-state index contributed by atoms with van der Waals surface area (Å²) < 4.78 is 0. The molecule has 0 bridgehead atoms. The first-order chi connectivity index (χ1) is 12.8. The average molecular weight is 341 g/mol. The van der Waals surface area contributed by atoms with Gasteiger partial charge in [-0.3, -0.25) is 0 Å². The molecule has 0 heterocycles. The molecule has 1 aliphatic carbocycles. The van der Waals surface area contributed by atoms with Crippen LogP contribution in [0.5, 0.6) is 0 Å². The van der Waals surface area contributed by atoms with Gasteiger partial charge < -0.3 is 5.11 Å². The highest BCUT2D eigenvalue weighted by Crippen LogP contribution is 2.34. The largest absolute Gasteiger partial charge is 0.392 e. The molecule has 0 aliphatic heterocycles. The van der Waals surface area contributed by atoms with E-state index in [1.165, 1.54) is 48.8 Å². The predicted molar refractivity (Wildman–Crippen MR) is 108 cm³/mol. The molecule has 1 fully saturated rings. The number of benzene rings is 3. The molecule has 3 aromatic rings. The lowest BCUT2D eigenvalue weighted by molar-refractivity contribution is 0.282. The van der Waals surface area contributed by atoms with Gasteiger partial charge in [-0.05, 0) is 64.3 Å². The molecule has 3 aromatic carbocycles. The SMILES string of the molecule is OCc1ccc(-c2cc[c]c(-c3ccc(C4CCCCC4)cc3)c2)cc1. The van der Waals surface area contributed by atoms with E-state index in [1.54, 1.807) is 0 Å². The summed E-state index contributed by atoms with van der Waals surface area (Å²) in [4.78, 5) is 0. The maximum Gasteiger partial charge on any atom is 0.0681 e. The first-order valence-corrected chi connectivity index (χ1v) is 9.66. The second kappa shape index (κ2) is 7.88. The lowest BCUT2D eigenvalue weighted by Crippen LogP contribution is -2.04. The molecule has 4 rings (SSSR count). The summed E-state index contributed by atoms with van der Waals surface area (Å²) in [6, 6.07) is 26.9. The maximum absolute atomic E-state index is 9.20. The Balaban J connectivity index is 1.57. The normalized spacial score (nSPS) is 15.1. The van der Waals surface area contributed by atoms with E-state index < -0.39 is 0 Å². The topological polar surface area (TPSA) is 20.2 Å². The fraction of sp³-hybridized carbons (Fsp3) is 0.280. The van der Waals surface area contributed by atoms with Crippen molar-refractivity contribution in [3.8, 4) is 22.3 Å². The van der Waals surface area contributed by atoms with Crippen LogP contribution in [-0.2, 0) is 6.61 Å². The molecule has 0 unspecified atom stereocenters. The molecule has 0 amide bonds. The third-order valence-corrected chi connectivity index (χ3v) is 5.57. The van der Waals surface area contributed by atoms with Gasteiger partial charge >= 0.3 is 0 Å². The second-order valence-electron chi connectivity index (χ2n) is 7.30. The third-order valence-electron chi connectivity index (χ3n) is 5.57. The Morgan fingerprint density at radius 2 is 1.46 bits per heavy atom. The summed E-state index contributed by atoms with van der Waals surface area (Å²) in [5.74, 6) is 0.748. The van der Waals surface area contributed by atoms with Crippen LogP contribution >= 0.6 is 0 Å². The molecule has 1 saturated carbocycles. The summed E-state index contributed by atoms with van der Waals surface area (Å²) in [6.45, 7) is 0.0848. The second-order valence-corrected chi connectivity index (χ2v) is 7.30. The molecule has 0 saturated heterocycles. The molecular weight excluding hydrogens is 316 g/mol. The van der Waals surface area contributed by atoms with E-state index in [2.05, 4.69) is 54.6 Å². The van der Waals surface area contributed by atoms with Gasteiger partial charge in [0.05, 0.1) is 6.61 Å². The standard InChI is InChI=1S/C25H25O/c26-18-19-9-11-22(12-10-19)24-7-4-8-25(17-24)23-15-13-21(14-16-23)20-5-2-1-3-6-20/h4,7,9-17,20,26H,1-3,5-6,18H2. The van der Waals surface area contributed by atoms with Crippen LogP contribution in [0, 0.1) is 6.07 Å². The van der Waals surface area contributed by atoms with Crippen LogP contribution in [0.4, 0.5) is 0 Å². The minimum absolute atomic E-state index is 0.0848. The zero-order valence-corrected chi connectivity index (χ0v) is 15.1. The smallest absolute Gasteiger partial charge is 0.0681 e. The minimum atomic E-state index is 0.0848. The molecule has 0 aromatic heterocycles. The molecule has 1 heteroatoms. The van der Waals surface area contributed by atoms with Crippen molar-refractivity contribution in [1.29, 1.82) is 0 Å². The van der Waals surface area contributed by atoms with Gasteiger partial charge in [-0.1, -0.05) is 79.9 Å². The Hall–Kier alpha value is -2.38. The monoisotopic (exact) mass is 341 g/mol. The Morgan fingerprint density at radius 3 is 2.15 bits per heavy atom. The molecule has 26 heavy (non-hydrogen) atoms. The Bertz CT molecular complexity index is 840. The van der Waals surface area contributed by atoms with Gasteiger partial charge in [0.15, 0.2) is 0 Å². The highest BCUT2D eigenvalue weighted by atomic mass is 16.3. The van der Waals surface area contributed by atoms with Crippen molar-refractivity contribution in [3.63, 3.8) is 0 Å². The van der Waals surface area contributed by atoms with Gasteiger partial charge in [-0.2, -0.15) is 0 Å². The molecule has 1 aliphatic rings. The van der Waals surface area contributed by atoms with Gasteiger partial charge in [-0.15, -0.1) is 0 Å². The zero-order chi connectivity index (χ0) is 17.8. The van der Waals surface area contributed by atoms with Crippen molar-refractivity contribution in [2.45, 2.75) is 44.6 Å². The van der Waals surface area contributed by atoms with Gasteiger partial charge in [0, 0.05) is 0 Å². The number of aliphatic hydroxyl groups excluding tert-OH is 1. The van der Waals surface area contributed by atoms with Crippen molar-refractivity contribution in [3.05, 3.63) is 83.9 Å². The fourth-order valence-electron chi connectivity index (χ4n) is 3.99. The summed E-state index contributed by atoms with van der Waals surface area (Å²) in [6.07, 6.45) is 6.82. The fourth-order valence-corrected chi connectivity index (χ4v) is 3.99. The van der Waals surface area contributed by atoms with Crippen molar-refractivity contribution >= 4 is 0 Å². The summed E-state index contributed by atoms with van der Waals surface area (Å²) in [5, 5.41) is 9.20. The average Bonchev–Trinajstić information content (AvgIpc) is 2.75. The molecule has 1 nitrogen and oxygen atoms in total. The van der Waals surface area contributed by atoms with Crippen molar-refractivity contribution < 1.29 is 5.11 Å². The van der Waals surface area contributed by atoms with E-state index in [0.29, 0.717) is 0 Å². The van der Waals surface area contributed by atoms with E-state index in [4.69, 9.17) is 0 Å². The van der Waals surface area contributed by atoms with Crippen LogP contribution in [0.25, 0.3) is 22.3 Å². The number of rotatable bonds is 4. The Kier molecular flexibility index (Phi) is 5.17. The minimum Gasteiger partial charge on any atom is -0.392 e. The molecule has 0 spiro atoms. The molecular formula is C25H25O. The van der Waals surface area contributed by atoms with Gasteiger partial charge in [0.25, 0.3) is 0 Å².